The molecule has 2 rings (SSSR count). The maximum Gasteiger partial charge on any atom is 0.222 e. The molecule has 2 nitrogen and oxygen atoms in total. The molecule has 1 amide bonds. The molecule has 204 valence electrons. The summed E-state index contributed by atoms with van der Waals surface area (Å²) in [4.78, 5) is 11.8. The highest BCUT2D eigenvalue weighted by atomic mass is 35.5. The van der Waals surface area contributed by atoms with Crippen molar-refractivity contribution < 1.29 is 4.79 Å². The first-order valence-corrected chi connectivity index (χ1v) is 15.9. The third kappa shape index (κ3) is 6.41. The number of allylic oxidation sites excluding steroid dienone is 2. The molecule has 4 unspecified atom stereocenters. The van der Waals surface area contributed by atoms with E-state index in [0.29, 0.717) is 16.5 Å². The quantitative estimate of drug-likeness (QED) is 0.119. The minimum absolute atomic E-state index is 0.00969. The van der Waals surface area contributed by atoms with Gasteiger partial charge in [-0.2, -0.15) is 0 Å². The molecule has 2 aliphatic carbocycles. The number of hydrogen-bond acceptors (Lipinski definition) is 1. The number of alkyl halides is 4. The number of amides is 1. The molecule has 2 bridgehead atoms. The molecular formula is C27H43Cl6NO. The van der Waals surface area contributed by atoms with E-state index in [4.69, 9.17) is 69.6 Å². The first kappa shape index (κ1) is 32.2. The van der Waals surface area contributed by atoms with Crippen molar-refractivity contribution in [1.82, 2.24) is 4.90 Å². The van der Waals surface area contributed by atoms with Gasteiger partial charge in [-0.3, -0.25) is 4.79 Å². The van der Waals surface area contributed by atoms with Gasteiger partial charge in [0, 0.05) is 19.5 Å². The van der Waals surface area contributed by atoms with Crippen molar-refractivity contribution in [2.45, 2.75) is 125 Å². The predicted molar refractivity (Wildman–Crippen MR) is 156 cm³/mol. The Hall–Kier alpha value is 0.950. The molecule has 1 saturated carbocycles. The van der Waals surface area contributed by atoms with Gasteiger partial charge < -0.3 is 4.90 Å². The molecular weight excluding hydrogens is 567 g/mol. The average molecular weight is 610 g/mol. The normalized spacial score (nSPS) is 29.3. The highest BCUT2D eigenvalue weighted by Gasteiger charge is 2.81. The van der Waals surface area contributed by atoms with E-state index in [9.17, 15) is 4.79 Å². The number of nitrogens with zero attached hydrogens (tertiary/aromatic N) is 1. The van der Waals surface area contributed by atoms with Gasteiger partial charge in [0.25, 0.3) is 0 Å². The maximum absolute atomic E-state index is 12.2. The van der Waals surface area contributed by atoms with Crippen LogP contribution in [0.15, 0.2) is 10.1 Å². The van der Waals surface area contributed by atoms with Gasteiger partial charge in [-0.1, -0.05) is 118 Å². The third-order valence-electron chi connectivity index (χ3n) is 8.14. The second-order valence-corrected chi connectivity index (χ2v) is 13.5. The summed E-state index contributed by atoms with van der Waals surface area (Å²) in [5.41, 5.74) is 0. The lowest BCUT2D eigenvalue weighted by Gasteiger charge is -2.37. The van der Waals surface area contributed by atoms with Crippen LogP contribution in [0.4, 0.5) is 0 Å². The largest absolute Gasteiger partial charge is 0.343 e. The first-order valence-electron chi connectivity index (χ1n) is 13.6. The molecule has 4 atom stereocenters. The molecule has 8 heteroatoms. The van der Waals surface area contributed by atoms with Crippen LogP contribution in [0.2, 0.25) is 0 Å². The van der Waals surface area contributed by atoms with Crippen LogP contribution in [0.5, 0.6) is 0 Å². The lowest BCUT2D eigenvalue weighted by molar-refractivity contribution is -0.130. The summed E-state index contributed by atoms with van der Waals surface area (Å²) in [6.45, 7) is 7.83. The summed E-state index contributed by atoms with van der Waals surface area (Å²) in [6, 6.07) is 0. The molecule has 0 N–H and O–H groups in total. The Morgan fingerprint density at radius 1 is 0.686 bits per heavy atom. The molecule has 1 fully saturated rings. The monoisotopic (exact) mass is 607 g/mol. The Labute approximate surface area is 243 Å². The van der Waals surface area contributed by atoms with Crippen LogP contribution < -0.4 is 0 Å². The van der Waals surface area contributed by atoms with Crippen LogP contribution in [0.25, 0.3) is 0 Å². The summed E-state index contributed by atoms with van der Waals surface area (Å²) in [7, 11) is 0. The number of hydrogen-bond donors (Lipinski definition) is 0. The van der Waals surface area contributed by atoms with E-state index in [1.54, 1.807) is 0 Å². The summed E-state index contributed by atoms with van der Waals surface area (Å²) in [6.07, 6.45) is 14.7. The van der Waals surface area contributed by atoms with E-state index in [1.165, 1.54) is 25.7 Å². The van der Waals surface area contributed by atoms with E-state index < -0.39 is 14.1 Å². The van der Waals surface area contributed by atoms with Crippen molar-refractivity contribution in [3.8, 4) is 0 Å². The van der Waals surface area contributed by atoms with Crippen molar-refractivity contribution in [1.29, 1.82) is 0 Å². The molecule has 35 heavy (non-hydrogen) atoms. The first-order chi connectivity index (χ1) is 16.5. The average Bonchev–Trinajstić information content (AvgIpc) is 3.02. The minimum atomic E-state index is -1.44. The molecule has 0 heterocycles. The number of unbranched alkanes of at least 4 members (excludes halogenated alkanes) is 9. The van der Waals surface area contributed by atoms with Crippen LogP contribution in [-0.2, 0) is 4.79 Å². The van der Waals surface area contributed by atoms with E-state index in [-0.39, 0.29) is 17.7 Å². The van der Waals surface area contributed by atoms with E-state index in [2.05, 4.69) is 6.92 Å². The highest BCUT2D eigenvalue weighted by Crippen LogP contribution is 2.77. The fourth-order valence-corrected chi connectivity index (χ4v) is 9.20. The van der Waals surface area contributed by atoms with E-state index in [0.717, 1.165) is 70.9 Å². The maximum atomic E-state index is 12.2. The highest BCUT2D eigenvalue weighted by molar-refractivity contribution is 6.65. The lowest BCUT2D eigenvalue weighted by atomic mass is 9.76. The third-order valence-corrected chi connectivity index (χ3v) is 12.5. The molecule has 0 spiro atoms. The van der Waals surface area contributed by atoms with Gasteiger partial charge in [-0.05, 0) is 44.9 Å². The van der Waals surface area contributed by atoms with Crippen LogP contribution >= 0.6 is 69.6 Å². The number of rotatable bonds is 17. The summed E-state index contributed by atoms with van der Waals surface area (Å²) in [5, 5.41) is 0.644. The van der Waals surface area contributed by atoms with Crippen molar-refractivity contribution in [3.05, 3.63) is 10.1 Å². The van der Waals surface area contributed by atoms with Gasteiger partial charge in [0.2, 0.25) is 5.91 Å². The van der Waals surface area contributed by atoms with Gasteiger partial charge in [0.05, 0.1) is 10.1 Å². The topological polar surface area (TPSA) is 20.3 Å². The SMILES string of the molecule is CCCCCCCCC1C(CCCCCCCC(=O)N(CC)CC)C2(Cl)C(Cl)=C(Cl)C1(Cl)C2(Cl)Cl. The number of carbonyl (C=O) groups excluding carboxylic acids is 1. The molecule has 0 aromatic rings. The van der Waals surface area contributed by atoms with Crippen molar-refractivity contribution >= 4 is 75.5 Å². The fourth-order valence-electron chi connectivity index (χ4n) is 6.06. The zero-order chi connectivity index (χ0) is 26.3. The minimum Gasteiger partial charge on any atom is -0.343 e. The molecule has 0 saturated heterocycles. The fraction of sp³-hybridized carbons (Fsp3) is 0.889. The lowest BCUT2D eigenvalue weighted by Crippen LogP contribution is -2.44. The van der Waals surface area contributed by atoms with Gasteiger partial charge in [-0.15, -0.1) is 23.2 Å². The Bertz CT molecular complexity index is 724. The Morgan fingerprint density at radius 3 is 1.51 bits per heavy atom. The molecule has 0 aromatic heterocycles. The standard InChI is InChI=1S/C27H43Cl6NO/c1-4-7-8-9-11-14-17-20-21(26(31)24(29)23(28)25(20,30)27(26,32)33)18-15-12-10-13-16-19-22(35)34(5-2)6-3/h20-21H,4-19H2,1-3H3. The van der Waals surface area contributed by atoms with Crippen molar-refractivity contribution in [3.63, 3.8) is 0 Å². The molecule has 0 aromatic carbocycles. The van der Waals surface area contributed by atoms with Gasteiger partial charge in [-0.25, -0.2) is 0 Å². The second kappa shape index (κ2) is 14.4. The summed E-state index contributed by atoms with van der Waals surface area (Å²) in [5.74, 6) is 0.223. The van der Waals surface area contributed by atoms with Gasteiger partial charge in [0.15, 0.2) is 4.33 Å². The number of carbonyl (C=O) groups is 1. The smallest absolute Gasteiger partial charge is 0.222 e. The van der Waals surface area contributed by atoms with Crippen LogP contribution in [0.3, 0.4) is 0 Å². The predicted octanol–water partition coefficient (Wildman–Crippen LogP) is 10.4. The van der Waals surface area contributed by atoms with Crippen molar-refractivity contribution in [2.75, 3.05) is 13.1 Å². The summed E-state index contributed by atoms with van der Waals surface area (Å²) >= 11 is 41.4. The van der Waals surface area contributed by atoms with Crippen LogP contribution in [-0.4, -0.2) is 38.0 Å². The Balaban J connectivity index is 1.92. The summed E-state index contributed by atoms with van der Waals surface area (Å²) < 4.78 is -1.44. The number of halogens is 6. The Kier molecular flexibility index (Phi) is 13.2. The van der Waals surface area contributed by atoms with Crippen LogP contribution in [0, 0.1) is 11.8 Å². The number of fused-ring (bicyclic) bond motifs is 2. The zero-order valence-corrected chi connectivity index (χ0v) is 26.1. The molecule has 2 aliphatic rings. The van der Waals surface area contributed by atoms with Crippen molar-refractivity contribution in [2.24, 2.45) is 11.8 Å². The van der Waals surface area contributed by atoms with E-state index in [1.807, 2.05) is 18.7 Å². The van der Waals surface area contributed by atoms with E-state index >= 15 is 0 Å². The van der Waals surface area contributed by atoms with Gasteiger partial charge in [0.1, 0.15) is 9.75 Å². The molecule has 0 radical (unpaired) electrons. The van der Waals surface area contributed by atoms with Gasteiger partial charge >= 0.3 is 0 Å². The second-order valence-electron chi connectivity index (χ2n) is 10.3. The van der Waals surface area contributed by atoms with Crippen LogP contribution in [0.1, 0.15) is 111 Å². The zero-order valence-electron chi connectivity index (χ0n) is 21.6. The molecule has 0 aliphatic heterocycles. The Morgan fingerprint density at radius 2 is 1.09 bits per heavy atom.